The van der Waals surface area contributed by atoms with Crippen LogP contribution in [0.15, 0.2) is 35.5 Å². The minimum Gasteiger partial charge on any atom is -0.275 e. The molecule has 0 saturated carbocycles. The highest BCUT2D eigenvalue weighted by molar-refractivity contribution is 7.92. The van der Waals surface area contributed by atoms with E-state index in [0.717, 1.165) is 18.3 Å². The molecular formula is C11H6F4N2O2S. The van der Waals surface area contributed by atoms with Crippen molar-refractivity contribution in [1.29, 1.82) is 0 Å². The van der Waals surface area contributed by atoms with Crippen LogP contribution >= 0.6 is 0 Å². The molecule has 1 heterocycles. The number of nitrogens with one attached hydrogen (secondary N) is 1. The molecule has 0 aliphatic carbocycles. The number of nitrogens with zero attached hydrogens (tertiary/aromatic N) is 1. The summed E-state index contributed by atoms with van der Waals surface area (Å²) in [5.41, 5.74) is -0.853. The summed E-state index contributed by atoms with van der Waals surface area (Å²) < 4.78 is 77.5. The van der Waals surface area contributed by atoms with Crippen molar-refractivity contribution < 1.29 is 26.0 Å². The number of pyridine rings is 1. The molecule has 0 radical (unpaired) electrons. The second-order valence-electron chi connectivity index (χ2n) is 3.62. The zero-order valence-corrected chi connectivity index (χ0v) is 10.4. The highest BCUT2D eigenvalue weighted by Gasteiger charge is 2.23. The SMILES string of the molecule is O=S(=O)(Nc1ccc(F)c(F)c1F)c1ncccc1F. The number of hydrogen-bond acceptors (Lipinski definition) is 3. The number of hydrogen-bond donors (Lipinski definition) is 1. The highest BCUT2D eigenvalue weighted by atomic mass is 32.2. The first-order valence-corrected chi connectivity index (χ1v) is 6.58. The maximum atomic E-state index is 13.4. The first-order chi connectivity index (χ1) is 9.33. The van der Waals surface area contributed by atoms with Crippen molar-refractivity contribution in [2.45, 2.75) is 5.03 Å². The molecule has 0 aliphatic rings. The molecule has 20 heavy (non-hydrogen) atoms. The van der Waals surface area contributed by atoms with E-state index in [4.69, 9.17) is 0 Å². The number of aromatic nitrogens is 1. The van der Waals surface area contributed by atoms with Gasteiger partial charge in [-0.1, -0.05) is 0 Å². The van der Waals surface area contributed by atoms with Gasteiger partial charge in [0, 0.05) is 6.20 Å². The molecule has 0 aliphatic heterocycles. The lowest BCUT2D eigenvalue weighted by Gasteiger charge is -2.09. The molecule has 4 nitrogen and oxygen atoms in total. The molecule has 9 heteroatoms. The van der Waals surface area contributed by atoms with Crippen LogP contribution in [0.3, 0.4) is 0 Å². The van der Waals surface area contributed by atoms with E-state index in [-0.39, 0.29) is 0 Å². The maximum absolute atomic E-state index is 13.4. The number of sulfonamides is 1. The maximum Gasteiger partial charge on any atom is 0.282 e. The van der Waals surface area contributed by atoms with Crippen LogP contribution in [0.1, 0.15) is 0 Å². The molecule has 0 atom stereocenters. The van der Waals surface area contributed by atoms with E-state index in [1.165, 1.54) is 0 Å². The Labute approximate surface area is 111 Å². The molecule has 2 rings (SSSR count). The van der Waals surface area contributed by atoms with Crippen molar-refractivity contribution in [3.8, 4) is 0 Å². The summed E-state index contributed by atoms with van der Waals surface area (Å²) in [5.74, 6) is -6.21. The Morgan fingerprint density at radius 1 is 0.950 bits per heavy atom. The van der Waals surface area contributed by atoms with Gasteiger partial charge in [0.25, 0.3) is 10.0 Å². The van der Waals surface area contributed by atoms with E-state index in [1.807, 2.05) is 0 Å². The lowest BCUT2D eigenvalue weighted by Crippen LogP contribution is -2.17. The summed E-state index contributed by atoms with van der Waals surface area (Å²) in [5, 5.41) is -0.982. The normalized spacial score (nSPS) is 11.4. The minimum atomic E-state index is -4.56. The molecule has 1 aromatic carbocycles. The van der Waals surface area contributed by atoms with E-state index < -0.39 is 44.0 Å². The van der Waals surface area contributed by atoms with Crippen molar-refractivity contribution in [1.82, 2.24) is 4.98 Å². The lowest BCUT2D eigenvalue weighted by atomic mass is 10.3. The second-order valence-corrected chi connectivity index (χ2v) is 5.22. The molecule has 0 unspecified atom stereocenters. The van der Waals surface area contributed by atoms with Gasteiger partial charge in [0.05, 0.1) is 5.69 Å². The predicted molar refractivity (Wildman–Crippen MR) is 61.3 cm³/mol. The summed E-state index contributed by atoms with van der Waals surface area (Å²) in [6.07, 6.45) is 1.01. The Kier molecular flexibility index (Phi) is 3.62. The molecule has 0 saturated heterocycles. The average molecular weight is 306 g/mol. The molecule has 0 fully saturated rings. The average Bonchev–Trinajstić information content (AvgIpc) is 2.40. The highest BCUT2D eigenvalue weighted by Crippen LogP contribution is 2.22. The van der Waals surface area contributed by atoms with Crippen molar-refractivity contribution >= 4 is 15.7 Å². The zero-order valence-electron chi connectivity index (χ0n) is 9.57. The van der Waals surface area contributed by atoms with Crippen LogP contribution in [-0.2, 0) is 10.0 Å². The summed E-state index contributed by atoms with van der Waals surface area (Å²) >= 11 is 0. The van der Waals surface area contributed by atoms with Gasteiger partial charge >= 0.3 is 0 Å². The third-order valence-electron chi connectivity index (χ3n) is 2.26. The first kappa shape index (κ1) is 14.3. The molecule has 0 spiro atoms. The monoisotopic (exact) mass is 306 g/mol. The molecule has 1 aromatic heterocycles. The fraction of sp³-hybridized carbons (Fsp3) is 0. The third-order valence-corrected chi connectivity index (χ3v) is 3.56. The third kappa shape index (κ3) is 2.57. The van der Waals surface area contributed by atoms with Gasteiger partial charge in [-0.25, -0.2) is 22.5 Å². The summed E-state index contributed by atoms with van der Waals surface area (Å²) in [6, 6.07) is 3.20. The van der Waals surface area contributed by atoms with Crippen LogP contribution < -0.4 is 4.72 Å². The van der Waals surface area contributed by atoms with Crippen LogP contribution in [-0.4, -0.2) is 13.4 Å². The van der Waals surface area contributed by atoms with Crippen LogP contribution in [0.4, 0.5) is 23.2 Å². The summed E-state index contributed by atoms with van der Waals surface area (Å²) in [4.78, 5) is 3.30. The van der Waals surface area contributed by atoms with Crippen LogP contribution in [0.2, 0.25) is 0 Å². The Balaban J connectivity index is 2.45. The van der Waals surface area contributed by atoms with Crippen molar-refractivity contribution in [3.63, 3.8) is 0 Å². The number of anilines is 1. The number of halogens is 4. The molecule has 2 aromatic rings. The fourth-order valence-electron chi connectivity index (χ4n) is 1.37. The minimum absolute atomic E-state index is 0.533. The largest absolute Gasteiger partial charge is 0.282 e. The van der Waals surface area contributed by atoms with Gasteiger partial charge in [0.15, 0.2) is 23.3 Å². The van der Waals surface area contributed by atoms with Gasteiger partial charge in [0.2, 0.25) is 5.03 Å². The smallest absolute Gasteiger partial charge is 0.275 e. The van der Waals surface area contributed by atoms with Crippen molar-refractivity contribution in [2.24, 2.45) is 0 Å². The summed E-state index contributed by atoms with van der Waals surface area (Å²) in [7, 11) is -4.56. The van der Waals surface area contributed by atoms with Crippen molar-refractivity contribution in [2.75, 3.05) is 4.72 Å². The van der Waals surface area contributed by atoms with Crippen LogP contribution in [0, 0.1) is 23.3 Å². The van der Waals surface area contributed by atoms with Gasteiger partial charge < -0.3 is 0 Å². The van der Waals surface area contributed by atoms with E-state index in [2.05, 4.69) is 4.98 Å². The van der Waals surface area contributed by atoms with E-state index >= 15 is 0 Å². The summed E-state index contributed by atoms with van der Waals surface area (Å²) in [6.45, 7) is 0. The van der Waals surface area contributed by atoms with Gasteiger partial charge in [-0.05, 0) is 24.3 Å². The van der Waals surface area contributed by atoms with Gasteiger partial charge in [0.1, 0.15) is 0 Å². The van der Waals surface area contributed by atoms with Gasteiger partial charge in [-0.15, -0.1) is 0 Å². The van der Waals surface area contributed by atoms with E-state index in [9.17, 15) is 26.0 Å². The second kappa shape index (κ2) is 5.08. The molecular weight excluding hydrogens is 300 g/mol. The van der Waals surface area contributed by atoms with Crippen LogP contribution in [0.25, 0.3) is 0 Å². The quantitative estimate of drug-likeness (QED) is 0.700. The van der Waals surface area contributed by atoms with E-state index in [1.54, 1.807) is 4.72 Å². The Morgan fingerprint density at radius 2 is 1.65 bits per heavy atom. The zero-order chi connectivity index (χ0) is 14.9. The Bertz CT molecular complexity index is 765. The van der Waals surface area contributed by atoms with E-state index in [0.29, 0.717) is 12.1 Å². The number of benzene rings is 1. The topological polar surface area (TPSA) is 59.1 Å². The lowest BCUT2D eigenvalue weighted by molar-refractivity contribution is 0.449. The molecule has 106 valence electrons. The Morgan fingerprint density at radius 3 is 2.30 bits per heavy atom. The molecule has 1 N–H and O–H groups in total. The fourth-order valence-corrected chi connectivity index (χ4v) is 2.43. The van der Waals surface area contributed by atoms with Gasteiger partial charge in [-0.2, -0.15) is 8.42 Å². The molecule has 0 amide bonds. The van der Waals surface area contributed by atoms with Gasteiger partial charge in [-0.3, -0.25) is 4.72 Å². The standard InChI is InChI=1S/C11H6F4N2O2S/c12-6-3-4-8(10(15)9(6)14)17-20(18,19)11-7(13)2-1-5-16-11/h1-5,17H. The molecule has 0 bridgehead atoms. The van der Waals surface area contributed by atoms with Crippen LogP contribution in [0.5, 0.6) is 0 Å². The number of rotatable bonds is 3. The predicted octanol–water partition coefficient (Wildman–Crippen LogP) is 2.44. The Hall–Kier alpha value is -2.16. The van der Waals surface area contributed by atoms with Crippen molar-refractivity contribution in [3.05, 3.63) is 53.7 Å². The first-order valence-electron chi connectivity index (χ1n) is 5.10.